The summed E-state index contributed by atoms with van der Waals surface area (Å²) in [4.78, 5) is 4.88. The maximum atomic E-state index is 6.41. The van der Waals surface area contributed by atoms with Crippen molar-refractivity contribution in [3.63, 3.8) is 0 Å². The van der Waals surface area contributed by atoms with Gasteiger partial charge in [0.1, 0.15) is 0 Å². The van der Waals surface area contributed by atoms with Crippen molar-refractivity contribution in [3.05, 3.63) is 28.8 Å². The van der Waals surface area contributed by atoms with E-state index in [1.165, 1.54) is 0 Å². The van der Waals surface area contributed by atoms with Gasteiger partial charge in [-0.15, -0.1) is 0 Å². The number of halogens is 1. The lowest BCUT2D eigenvalue weighted by Gasteiger charge is -2.40. The first-order valence-electron chi connectivity index (χ1n) is 7.07. The van der Waals surface area contributed by atoms with Gasteiger partial charge >= 0.3 is 0 Å². The Bertz CT molecular complexity index is 433. The molecule has 0 aliphatic carbocycles. The van der Waals surface area contributed by atoms with Crippen LogP contribution in [0.3, 0.4) is 0 Å². The molecule has 2 N–H and O–H groups in total. The predicted octanol–water partition coefficient (Wildman–Crippen LogP) is 2.89. The number of benzene rings is 1. The fourth-order valence-electron chi connectivity index (χ4n) is 2.75. The zero-order valence-corrected chi connectivity index (χ0v) is 12.8. The molecule has 1 aromatic rings. The Morgan fingerprint density at radius 1 is 1.42 bits per heavy atom. The summed E-state index contributed by atoms with van der Waals surface area (Å²) in [5.41, 5.74) is 8.12. The van der Waals surface area contributed by atoms with Crippen LogP contribution < -0.4 is 10.6 Å². The molecule has 0 saturated carbocycles. The molecule has 1 saturated heterocycles. The number of rotatable bonds is 3. The second-order valence-electron chi connectivity index (χ2n) is 5.42. The first-order valence-corrected chi connectivity index (χ1v) is 7.44. The molecule has 1 aromatic carbocycles. The van der Waals surface area contributed by atoms with Gasteiger partial charge in [-0.1, -0.05) is 24.6 Å². The predicted molar refractivity (Wildman–Crippen MR) is 83.0 cm³/mol. The largest absolute Gasteiger partial charge is 0.367 e. The Morgan fingerprint density at radius 3 is 2.68 bits per heavy atom. The minimum atomic E-state index is 0.0300. The Labute approximate surface area is 121 Å². The van der Waals surface area contributed by atoms with Gasteiger partial charge in [0.25, 0.3) is 0 Å². The molecule has 106 valence electrons. The molecule has 2 atom stereocenters. The van der Waals surface area contributed by atoms with Crippen molar-refractivity contribution >= 4 is 17.3 Å². The molecule has 19 heavy (non-hydrogen) atoms. The van der Waals surface area contributed by atoms with Crippen molar-refractivity contribution in [3.8, 4) is 0 Å². The Kier molecular flexibility index (Phi) is 4.71. The second kappa shape index (κ2) is 6.12. The third kappa shape index (κ3) is 3.22. The molecule has 0 spiro atoms. The van der Waals surface area contributed by atoms with E-state index in [-0.39, 0.29) is 6.04 Å². The van der Waals surface area contributed by atoms with Gasteiger partial charge in [0.2, 0.25) is 0 Å². The number of likely N-dealkylation sites (N-methyl/N-ethyl adjacent to an activating group) is 1. The lowest BCUT2D eigenvalue weighted by molar-refractivity contribution is 0.199. The topological polar surface area (TPSA) is 32.5 Å². The minimum absolute atomic E-state index is 0.0300. The number of anilines is 1. The molecule has 0 aromatic heterocycles. The molecule has 0 radical (unpaired) electrons. The molecular weight excluding hydrogens is 258 g/mol. The quantitative estimate of drug-likeness (QED) is 0.925. The summed E-state index contributed by atoms with van der Waals surface area (Å²) in [6, 6.07) is 6.79. The highest BCUT2D eigenvalue weighted by Gasteiger charge is 2.23. The molecule has 1 aliphatic heterocycles. The monoisotopic (exact) mass is 281 g/mol. The highest BCUT2D eigenvalue weighted by atomic mass is 35.5. The van der Waals surface area contributed by atoms with Crippen LogP contribution in [0.4, 0.5) is 5.69 Å². The molecule has 1 heterocycles. The maximum absolute atomic E-state index is 6.41. The van der Waals surface area contributed by atoms with Crippen molar-refractivity contribution in [2.24, 2.45) is 5.73 Å². The van der Waals surface area contributed by atoms with E-state index in [2.05, 4.69) is 35.8 Å². The van der Waals surface area contributed by atoms with E-state index < -0.39 is 0 Å². The van der Waals surface area contributed by atoms with Crippen LogP contribution in [-0.2, 0) is 0 Å². The lowest BCUT2D eigenvalue weighted by Crippen LogP contribution is -2.51. The fraction of sp³-hybridized carbons (Fsp3) is 0.600. The average Bonchev–Trinajstić information content (AvgIpc) is 2.38. The van der Waals surface area contributed by atoms with E-state index in [4.69, 9.17) is 17.3 Å². The summed E-state index contributed by atoms with van der Waals surface area (Å²) in [5, 5.41) is 0.812. The summed E-state index contributed by atoms with van der Waals surface area (Å²) in [6.07, 6.45) is 0. The first-order chi connectivity index (χ1) is 9.02. The van der Waals surface area contributed by atoms with Crippen LogP contribution in [0, 0.1) is 0 Å². The third-order valence-electron chi connectivity index (χ3n) is 4.01. The Hall–Kier alpha value is -0.770. The maximum Gasteiger partial charge on any atom is 0.0642 e. The van der Waals surface area contributed by atoms with E-state index in [1.54, 1.807) is 0 Å². The van der Waals surface area contributed by atoms with Gasteiger partial charge in [-0.25, -0.2) is 0 Å². The van der Waals surface area contributed by atoms with E-state index in [0.717, 1.165) is 42.5 Å². The van der Waals surface area contributed by atoms with E-state index in [9.17, 15) is 0 Å². The molecule has 0 bridgehead atoms. The van der Waals surface area contributed by atoms with Crippen molar-refractivity contribution in [1.82, 2.24) is 4.90 Å². The summed E-state index contributed by atoms with van der Waals surface area (Å²) >= 11 is 6.41. The first kappa shape index (κ1) is 14.6. The third-order valence-corrected chi connectivity index (χ3v) is 4.31. The van der Waals surface area contributed by atoms with Gasteiger partial charge in [0.15, 0.2) is 0 Å². The fourth-order valence-corrected chi connectivity index (χ4v) is 3.06. The standard InChI is InChI=1S/C15H24ClN3/c1-4-18-7-8-19(10-11(18)2)15-6-5-13(12(3)17)9-14(15)16/h5-6,9,11-12H,4,7-8,10,17H2,1-3H3/t11?,12-/m0/s1. The SMILES string of the molecule is CCN1CCN(c2ccc([C@H](C)N)cc2Cl)CC1C. The van der Waals surface area contributed by atoms with E-state index >= 15 is 0 Å². The summed E-state index contributed by atoms with van der Waals surface area (Å²) in [6.45, 7) is 10.8. The number of nitrogens with zero attached hydrogens (tertiary/aromatic N) is 2. The van der Waals surface area contributed by atoms with Gasteiger partial charge in [-0.2, -0.15) is 0 Å². The smallest absolute Gasteiger partial charge is 0.0642 e. The van der Waals surface area contributed by atoms with Gasteiger partial charge in [0, 0.05) is 31.7 Å². The molecular formula is C15H24ClN3. The number of hydrogen-bond acceptors (Lipinski definition) is 3. The summed E-state index contributed by atoms with van der Waals surface area (Å²) in [5.74, 6) is 0. The van der Waals surface area contributed by atoms with Crippen LogP contribution in [0.25, 0.3) is 0 Å². The summed E-state index contributed by atoms with van der Waals surface area (Å²) < 4.78 is 0. The van der Waals surface area contributed by atoms with Gasteiger partial charge in [0.05, 0.1) is 10.7 Å². The Morgan fingerprint density at radius 2 is 2.16 bits per heavy atom. The van der Waals surface area contributed by atoms with Crippen LogP contribution >= 0.6 is 11.6 Å². The average molecular weight is 282 g/mol. The van der Waals surface area contributed by atoms with Gasteiger partial charge in [-0.05, 0) is 38.1 Å². The van der Waals surface area contributed by atoms with Crippen LogP contribution in [0.1, 0.15) is 32.4 Å². The van der Waals surface area contributed by atoms with Gasteiger partial charge < -0.3 is 10.6 Å². The van der Waals surface area contributed by atoms with Crippen molar-refractivity contribution in [2.45, 2.75) is 32.9 Å². The second-order valence-corrected chi connectivity index (χ2v) is 5.83. The molecule has 1 aliphatic rings. The highest BCUT2D eigenvalue weighted by molar-refractivity contribution is 6.33. The zero-order chi connectivity index (χ0) is 14.0. The van der Waals surface area contributed by atoms with Gasteiger partial charge in [-0.3, -0.25) is 4.90 Å². The molecule has 1 unspecified atom stereocenters. The zero-order valence-electron chi connectivity index (χ0n) is 12.1. The normalized spacial score (nSPS) is 22.6. The lowest BCUT2D eigenvalue weighted by atomic mass is 10.1. The van der Waals surface area contributed by atoms with Crippen LogP contribution in [0.5, 0.6) is 0 Å². The minimum Gasteiger partial charge on any atom is -0.367 e. The van der Waals surface area contributed by atoms with Crippen LogP contribution in [0.2, 0.25) is 5.02 Å². The summed E-state index contributed by atoms with van der Waals surface area (Å²) in [7, 11) is 0. The van der Waals surface area contributed by atoms with Crippen LogP contribution in [0.15, 0.2) is 18.2 Å². The highest BCUT2D eigenvalue weighted by Crippen LogP contribution is 2.30. The Balaban J connectivity index is 2.15. The number of nitrogens with two attached hydrogens (primary N) is 1. The molecule has 1 fully saturated rings. The van der Waals surface area contributed by atoms with Crippen molar-refractivity contribution in [1.29, 1.82) is 0 Å². The molecule has 4 heteroatoms. The number of hydrogen-bond donors (Lipinski definition) is 1. The van der Waals surface area contributed by atoms with Crippen molar-refractivity contribution in [2.75, 3.05) is 31.1 Å². The van der Waals surface area contributed by atoms with E-state index in [1.807, 2.05) is 13.0 Å². The molecule has 0 amide bonds. The number of piperazine rings is 1. The molecule has 3 nitrogen and oxygen atoms in total. The van der Waals surface area contributed by atoms with Crippen molar-refractivity contribution < 1.29 is 0 Å². The molecule has 2 rings (SSSR count). The van der Waals surface area contributed by atoms with E-state index in [0.29, 0.717) is 6.04 Å². The van der Waals surface area contributed by atoms with Crippen LogP contribution in [-0.4, -0.2) is 37.1 Å².